The number of fused-ring (bicyclic) bond motifs is 5. The van der Waals surface area contributed by atoms with Crippen molar-refractivity contribution in [3.8, 4) is 11.3 Å². The maximum atomic E-state index is 5.19. The Balaban J connectivity index is 1.80. The van der Waals surface area contributed by atoms with E-state index in [0.29, 0.717) is 0 Å². The van der Waals surface area contributed by atoms with Gasteiger partial charge in [0, 0.05) is 30.7 Å². The van der Waals surface area contributed by atoms with E-state index in [1.807, 2.05) is 0 Å². The number of hydrogen-bond acceptors (Lipinski definition) is 2. The van der Waals surface area contributed by atoms with Gasteiger partial charge in [0.2, 0.25) is 0 Å². The lowest BCUT2D eigenvalue weighted by atomic mass is 9.80. The fraction of sp³-hybridized carbons (Fsp3) is 0.269. The zero-order chi connectivity index (χ0) is 19.3. The number of anilines is 1. The second-order valence-corrected chi connectivity index (χ2v) is 8.39. The van der Waals surface area contributed by atoms with Gasteiger partial charge in [-0.1, -0.05) is 49.4 Å². The molecule has 0 saturated heterocycles. The van der Waals surface area contributed by atoms with Gasteiger partial charge in [0.1, 0.15) is 0 Å². The first-order valence-corrected chi connectivity index (χ1v) is 10.2. The van der Waals surface area contributed by atoms with Gasteiger partial charge in [0.25, 0.3) is 0 Å². The van der Waals surface area contributed by atoms with Gasteiger partial charge >= 0.3 is 0 Å². The molecule has 1 atom stereocenters. The van der Waals surface area contributed by atoms with E-state index in [0.717, 1.165) is 24.3 Å². The molecule has 0 radical (unpaired) electrons. The van der Waals surface area contributed by atoms with Gasteiger partial charge in [-0.3, -0.25) is 0 Å². The van der Waals surface area contributed by atoms with Crippen molar-refractivity contribution in [1.82, 2.24) is 4.98 Å². The smallest absolute Gasteiger partial charge is 0.0744 e. The summed E-state index contributed by atoms with van der Waals surface area (Å²) in [6.45, 7) is 2.38. The molecular formula is C26H26N2. The van der Waals surface area contributed by atoms with E-state index < -0.39 is 0 Å². The quantitative estimate of drug-likeness (QED) is 0.390. The molecule has 0 fully saturated rings. The summed E-state index contributed by atoms with van der Waals surface area (Å²) in [5.41, 5.74) is 7.73. The molecule has 4 aromatic rings. The predicted molar refractivity (Wildman–Crippen MR) is 120 cm³/mol. The average molecular weight is 367 g/mol. The molecule has 1 heterocycles. The first-order valence-electron chi connectivity index (χ1n) is 10.2. The Morgan fingerprint density at radius 1 is 0.893 bits per heavy atom. The minimum absolute atomic E-state index is 0.723. The third-order valence-corrected chi connectivity index (χ3v) is 6.19. The van der Waals surface area contributed by atoms with Gasteiger partial charge in [-0.05, 0) is 65.3 Å². The highest BCUT2D eigenvalue weighted by Gasteiger charge is 2.23. The lowest BCUT2D eigenvalue weighted by Gasteiger charge is -2.26. The lowest BCUT2D eigenvalue weighted by molar-refractivity contribution is 0.503. The van der Waals surface area contributed by atoms with Crippen LogP contribution in [0.1, 0.15) is 24.5 Å². The minimum atomic E-state index is 0.723. The fourth-order valence-electron chi connectivity index (χ4n) is 4.64. The number of hydrogen-bond donors (Lipinski definition) is 0. The highest BCUT2D eigenvalue weighted by atomic mass is 15.1. The summed E-state index contributed by atoms with van der Waals surface area (Å²) in [5, 5.41) is 4.01. The molecule has 2 nitrogen and oxygen atoms in total. The molecule has 0 amide bonds. The van der Waals surface area contributed by atoms with Gasteiger partial charge < -0.3 is 4.90 Å². The summed E-state index contributed by atoms with van der Waals surface area (Å²) >= 11 is 0. The van der Waals surface area contributed by atoms with Crippen LogP contribution in [0.5, 0.6) is 0 Å². The summed E-state index contributed by atoms with van der Waals surface area (Å²) in [6.07, 6.45) is 3.51. The van der Waals surface area contributed by atoms with Crippen molar-refractivity contribution in [2.24, 2.45) is 5.92 Å². The normalized spacial score (nSPS) is 16.3. The van der Waals surface area contributed by atoms with E-state index >= 15 is 0 Å². The molecule has 0 N–H and O–H groups in total. The molecule has 0 saturated carbocycles. The largest absolute Gasteiger partial charge is 0.378 e. The molecule has 140 valence electrons. The minimum Gasteiger partial charge on any atom is -0.378 e. The molecular weight excluding hydrogens is 340 g/mol. The summed E-state index contributed by atoms with van der Waals surface area (Å²) in [5.74, 6) is 0.723. The number of pyridine rings is 1. The molecule has 5 rings (SSSR count). The number of rotatable bonds is 2. The van der Waals surface area contributed by atoms with Crippen molar-refractivity contribution in [1.29, 1.82) is 0 Å². The molecule has 0 unspecified atom stereocenters. The Bertz CT molecular complexity index is 1170. The van der Waals surface area contributed by atoms with Crippen LogP contribution in [0.2, 0.25) is 0 Å². The van der Waals surface area contributed by atoms with Crippen molar-refractivity contribution in [3.05, 3.63) is 71.8 Å². The Kier molecular flexibility index (Phi) is 4.08. The van der Waals surface area contributed by atoms with E-state index in [1.165, 1.54) is 50.7 Å². The van der Waals surface area contributed by atoms with Gasteiger partial charge in [0.15, 0.2) is 0 Å². The summed E-state index contributed by atoms with van der Waals surface area (Å²) in [6, 6.07) is 22.0. The van der Waals surface area contributed by atoms with Crippen LogP contribution in [0.25, 0.3) is 32.9 Å². The molecule has 28 heavy (non-hydrogen) atoms. The van der Waals surface area contributed by atoms with Crippen molar-refractivity contribution >= 4 is 27.4 Å². The SMILES string of the molecule is C[C@@H]1CCc2c(-c3ccc(N(C)C)cc3)nc3ccc4ccccc4c3c2C1. The topological polar surface area (TPSA) is 16.1 Å². The highest BCUT2D eigenvalue weighted by Crippen LogP contribution is 2.39. The van der Waals surface area contributed by atoms with Gasteiger partial charge in [-0.15, -0.1) is 0 Å². The molecule has 1 aromatic heterocycles. The third-order valence-electron chi connectivity index (χ3n) is 6.19. The van der Waals surface area contributed by atoms with Crippen LogP contribution in [-0.2, 0) is 12.8 Å². The van der Waals surface area contributed by atoms with Gasteiger partial charge in [-0.25, -0.2) is 4.98 Å². The van der Waals surface area contributed by atoms with E-state index in [2.05, 4.69) is 86.6 Å². The standard InChI is InChI=1S/C26H26N2/c1-17-8-14-22-23(16-17)25-21-7-5-4-6-18(21)11-15-24(25)27-26(22)19-9-12-20(13-10-19)28(2)3/h4-7,9-13,15,17H,8,14,16H2,1-3H3/t17-/m1/s1. The van der Waals surface area contributed by atoms with Crippen molar-refractivity contribution < 1.29 is 0 Å². The maximum absolute atomic E-state index is 5.19. The van der Waals surface area contributed by atoms with Crippen molar-refractivity contribution in [2.75, 3.05) is 19.0 Å². The van der Waals surface area contributed by atoms with E-state index in [9.17, 15) is 0 Å². The Morgan fingerprint density at radius 2 is 1.68 bits per heavy atom. The van der Waals surface area contributed by atoms with E-state index in [4.69, 9.17) is 4.98 Å². The maximum Gasteiger partial charge on any atom is 0.0744 e. The summed E-state index contributed by atoms with van der Waals surface area (Å²) in [7, 11) is 4.16. The van der Waals surface area contributed by atoms with Crippen LogP contribution in [0.3, 0.4) is 0 Å². The summed E-state index contributed by atoms with van der Waals surface area (Å²) < 4.78 is 0. The highest BCUT2D eigenvalue weighted by molar-refractivity contribution is 6.09. The molecule has 3 aromatic carbocycles. The molecule has 2 heteroatoms. The lowest BCUT2D eigenvalue weighted by Crippen LogP contribution is -2.14. The van der Waals surface area contributed by atoms with E-state index in [-0.39, 0.29) is 0 Å². The van der Waals surface area contributed by atoms with Crippen molar-refractivity contribution in [2.45, 2.75) is 26.2 Å². The molecule has 0 bridgehead atoms. The Morgan fingerprint density at radius 3 is 2.46 bits per heavy atom. The van der Waals surface area contributed by atoms with Crippen LogP contribution < -0.4 is 4.90 Å². The van der Waals surface area contributed by atoms with Crippen LogP contribution >= 0.6 is 0 Å². The van der Waals surface area contributed by atoms with Crippen LogP contribution in [0.4, 0.5) is 5.69 Å². The average Bonchev–Trinajstić information content (AvgIpc) is 2.72. The monoisotopic (exact) mass is 366 g/mol. The number of aromatic nitrogens is 1. The first kappa shape index (κ1) is 17.2. The summed E-state index contributed by atoms with van der Waals surface area (Å²) in [4.78, 5) is 7.33. The Hall–Kier alpha value is -2.87. The molecule has 0 aliphatic heterocycles. The fourth-order valence-corrected chi connectivity index (χ4v) is 4.64. The van der Waals surface area contributed by atoms with Crippen LogP contribution in [0.15, 0.2) is 60.7 Å². The first-order chi connectivity index (χ1) is 13.6. The second-order valence-electron chi connectivity index (χ2n) is 8.39. The molecule has 1 aliphatic carbocycles. The predicted octanol–water partition coefficient (Wildman–Crippen LogP) is 6.25. The second kappa shape index (κ2) is 6.63. The van der Waals surface area contributed by atoms with Crippen LogP contribution in [0, 0.1) is 5.92 Å². The number of nitrogens with zero attached hydrogens (tertiary/aromatic N) is 2. The van der Waals surface area contributed by atoms with Crippen molar-refractivity contribution in [3.63, 3.8) is 0 Å². The molecule has 1 aliphatic rings. The molecule has 0 spiro atoms. The van der Waals surface area contributed by atoms with Gasteiger partial charge in [0.05, 0.1) is 11.2 Å². The third kappa shape index (κ3) is 2.75. The zero-order valence-electron chi connectivity index (χ0n) is 16.9. The van der Waals surface area contributed by atoms with Crippen LogP contribution in [-0.4, -0.2) is 19.1 Å². The Labute approximate surface area is 166 Å². The van der Waals surface area contributed by atoms with Gasteiger partial charge in [-0.2, -0.15) is 0 Å². The number of benzene rings is 3. The zero-order valence-corrected chi connectivity index (χ0v) is 16.9. The van der Waals surface area contributed by atoms with E-state index in [1.54, 1.807) is 0 Å².